The van der Waals surface area contributed by atoms with E-state index in [1.807, 2.05) is 6.07 Å². The fraction of sp³-hybridized carbons (Fsp3) is 0.0714. The second kappa shape index (κ2) is 6.91. The second-order valence-electron chi connectivity index (χ2n) is 4.16. The van der Waals surface area contributed by atoms with Crippen LogP contribution in [0.15, 0.2) is 45.8 Å². The van der Waals surface area contributed by atoms with Gasteiger partial charge < -0.3 is 11.1 Å². The first-order chi connectivity index (χ1) is 9.95. The summed E-state index contributed by atoms with van der Waals surface area (Å²) >= 11 is 4.07. The van der Waals surface area contributed by atoms with E-state index in [1.165, 1.54) is 0 Å². The van der Waals surface area contributed by atoms with Gasteiger partial charge in [0.1, 0.15) is 11.6 Å². The third kappa shape index (κ3) is 4.44. The van der Waals surface area contributed by atoms with E-state index in [4.69, 9.17) is 5.73 Å². The number of carbonyl (C=O) groups excluding carboxylic acids is 1. The van der Waals surface area contributed by atoms with E-state index in [2.05, 4.69) is 21.2 Å². The molecule has 0 fully saturated rings. The van der Waals surface area contributed by atoms with E-state index in [0.29, 0.717) is 5.69 Å². The molecule has 0 saturated heterocycles. The number of halogens is 3. The monoisotopic (exact) mass is 372 g/mol. The number of hydrogen-bond acceptors (Lipinski definition) is 3. The Morgan fingerprint density at radius 2 is 1.90 bits per heavy atom. The van der Waals surface area contributed by atoms with Crippen molar-refractivity contribution in [3.63, 3.8) is 0 Å². The van der Waals surface area contributed by atoms with Gasteiger partial charge in [-0.2, -0.15) is 0 Å². The van der Waals surface area contributed by atoms with Gasteiger partial charge in [-0.15, -0.1) is 11.8 Å². The lowest BCUT2D eigenvalue weighted by Crippen LogP contribution is -2.14. The zero-order chi connectivity index (χ0) is 15.4. The first kappa shape index (κ1) is 15.8. The summed E-state index contributed by atoms with van der Waals surface area (Å²) in [5.41, 5.74) is 5.94. The topological polar surface area (TPSA) is 55.1 Å². The zero-order valence-electron chi connectivity index (χ0n) is 10.7. The van der Waals surface area contributed by atoms with Gasteiger partial charge in [-0.1, -0.05) is 22.0 Å². The van der Waals surface area contributed by atoms with Crippen molar-refractivity contribution in [2.24, 2.45) is 0 Å². The Kier molecular flexibility index (Phi) is 5.19. The molecule has 2 aromatic rings. The van der Waals surface area contributed by atoms with Gasteiger partial charge in [0.25, 0.3) is 0 Å². The van der Waals surface area contributed by atoms with E-state index < -0.39 is 11.6 Å². The lowest BCUT2D eigenvalue weighted by atomic mass is 10.3. The molecule has 0 saturated carbocycles. The molecule has 2 rings (SSSR count). The number of amides is 1. The number of hydrogen-bond donors (Lipinski definition) is 2. The summed E-state index contributed by atoms with van der Waals surface area (Å²) in [4.78, 5) is 11.6. The fourth-order valence-corrected chi connectivity index (χ4v) is 2.76. The molecule has 0 atom stereocenters. The average molecular weight is 373 g/mol. The molecule has 1 amide bonds. The van der Waals surface area contributed by atoms with Gasteiger partial charge in [-0.05, 0) is 30.3 Å². The molecule has 2 aromatic carbocycles. The Hall–Kier alpha value is -1.60. The van der Waals surface area contributed by atoms with Gasteiger partial charge in [0.05, 0.1) is 10.6 Å². The summed E-state index contributed by atoms with van der Waals surface area (Å²) in [6.45, 7) is 0. The van der Waals surface area contributed by atoms with Crippen LogP contribution < -0.4 is 11.1 Å². The van der Waals surface area contributed by atoms with Crippen LogP contribution in [0.1, 0.15) is 0 Å². The number of anilines is 2. The maximum atomic E-state index is 13.6. The number of carbonyl (C=O) groups is 1. The summed E-state index contributed by atoms with van der Waals surface area (Å²) < 4.78 is 27.9. The normalized spacial score (nSPS) is 10.4. The molecule has 3 N–H and O–H groups in total. The minimum atomic E-state index is -0.771. The van der Waals surface area contributed by atoms with Crippen LogP contribution >= 0.6 is 27.7 Å². The SMILES string of the molecule is Nc1cc(F)c(SCC(=O)Nc2cccc(Br)c2)c(F)c1. The van der Waals surface area contributed by atoms with E-state index in [1.54, 1.807) is 18.2 Å². The largest absolute Gasteiger partial charge is 0.399 e. The molecule has 0 heterocycles. The highest BCUT2D eigenvalue weighted by Gasteiger charge is 2.13. The van der Waals surface area contributed by atoms with Crippen LogP contribution in [0.2, 0.25) is 0 Å². The number of benzene rings is 2. The van der Waals surface area contributed by atoms with Gasteiger partial charge >= 0.3 is 0 Å². The molecule has 3 nitrogen and oxygen atoms in total. The van der Waals surface area contributed by atoms with Crippen LogP contribution in [0.25, 0.3) is 0 Å². The smallest absolute Gasteiger partial charge is 0.234 e. The van der Waals surface area contributed by atoms with Crippen molar-refractivity contribution in [2.45, 2.75) is 4.90 Å². The van der Waals surface area contributed by atoms with Crippen LogP contribution in [0.3, 0.4) is 0 Å². The summed E-state index contributed by atoms with van der Waals surface area (Å²) in [6, 6.07) is 9.09. The molecule has 0 radical (unpaired) electrons. The van der Waals surface area contributed by atoms with Gasteiger partial charge in [-0.25, -0.2) is 8.78 Å². The van der Waals surface area contributed by atoms with Crippen molar-refractivity contribution in [1.82, 2.24) is 0 Å². The standard InChI is InChI=1S/C14H11BrF2N2OS/c15-8-2-1-3-10(4-8)19-13(20)7-21-14-11(16)5-9(18)6-12(14)17/h1-6H,7,18H2,(H,19,20). The van der Waals surface area contributed by atoms with Crippen LogP contribution in [0, 0.1) is 11.6 Å². The van der Waals surface area contributed by atoms with Crippen LogP contribution in [-0.4, -0.2) is 11.7 Å². The zero-order valence-corrected chi connectivity index (χ0v) is 13.1. The molecular formula is C14H11BrF2N2OS. The summed E-state index contributed by atoms with van der Waals surface area (Å²) in [7, 11) is 0. The Morgan fingerprint density at radius 1 is 1.24 bits per heavy atom. The summed E-state index contributed by atoms with van der Waals surface area (Å²) in [5.74, 6) is -2.00. The molecule has 0 spiro atoms. The van der Waals surface area contributed by atoms with E-state index in [0.717, 1.165) is 28.4 Å². The minimum absolute atomic E-state index is 0.00735. The predicted octanol–water partition coefficient (Wildman–Crippen LogP) is 4.04. The van der Waals surface area contributed by atoms with Gasteiger partial charge in [0.2, 0.25) is 5.91 Å². The van der Waals surface area contributed by atoms with Crippen molar-refractivity contribution in [3.05, 3.63) is 52.5 Å². The average Bonchev–Trinajstić information content (AvgIpc) is 2.37. The Morgan fingerprint density at radius 3 is 2.52 bits per heavy atom. The molecule has 7 heteroatoms. The summed E-state index contributed by atoms with van der Waals surface area (Å²) in [5, 5.41) is 2.64. The molecule has 0 unspecified atom stereocenters. The fourth-order valence-electron chi connectivity index (χ4n) is 1.62. The number of nitrogen functional groups attached to an aromatic ring is 1. The Bertz CT molecular complexity index is 659. The first-order valence-corrected chi connectivity index (χ1v) is 7.66. The van der Waals surface area contributed by atoms with Crippen LogP contribution in [0.4, 0.5) is 20.2 Å². The Labute approximate surface area is 133 Å². The van der Waals surface area contributed by atoms with Gasteiger partial charge in [-0.3, -0.25) is 4.79 Å². The van der Waals surface area contributed by atoms with Crippen molar-refractivity contribution in [2.75, 3.05) is 16.8 Å². The number of rotatable bonds is 4. The van der Waals surface area contributed by atoms with Crippen LogP contribution in [0.5, 0.6) is 0 Å². The van der Waals surface area contributed by atoms with Crippen molar-refractivity contribution < 1.29 is 13.6 Å². The Balaban J connectivity index is 1.99. The number of thioether (sulfide) groups is 1. The second-order valence-corrected chi connectivity index (χ2v) is 6.06. The summed E-state index contributed by atoms with van der Waals surface area (Å²) in [6.07, 6.45) is 0. The maximum Gasteiger partial charge on any atom is 0.234 e. The van der Waals surface area contributed by atoms with Crippen molar-refractivity contribution >= 4 is 45.0 Å². The highest BCUT2D eigenvalue weighted by Crippen LogP contribution is 2.27. The lowest BCUT2D eigenvalue weighted by Gasteiger charge is -2.07. The number of nitrogens with two attached hydrogens (primary N) is 1. The van der Waals surface area contributed by atoms with E-state index in [9.17, 15) is 13.6 Å². The van der Waals surface area contributed by atoms with Crippen molar-refractivity contribution in [1.29, 1.82) is 0 Å². The van der Waals surface area contributed by atoms with Gasteiger partial charge in [0, 0.05) is 15.8 Å². The third-order valence-electron chi connectivity index (χ3n) is 2.48. The quantitative estimate of drug-likeness (QED) is 0.628. The van der Waals surface area contributed by atoms with E-state index >= 15 is 0 Å². The van der Waals surface area contributed by atoms with Gasteiger partial charge in [0.15, 0.2) is 0 Å². The predicted molar refractivity (Wildman–Crippen MR) is 84.3 cm³/mol. The maximum absolute atomic E-state index is 13.6. The molecule has 110 valence electrons. The van der Waals surface area contributed by atoms with Crippen molar-refractivity contribution in [3.8, 4) is 0 Å². The number of nitrogens with one attached hydrogen (secondary N) is 1. The molecule has 0 aliphatic rings. The molecular weight excluding hydrogens is 362 g/mol. The molecule has 0 aromatic heterocycles. The first-order valence-electron chi connectivity index (χ1n) is 5.88. The van der Waals surface area contributed by atoms with E-state index in [-0.39, 0.29) is 22.2 Å². The highest BCUT2D eigenvalue weighted by atomic mass is 79.9. The highest BCUT2D eigenvalue weighted by molar-refractivity contribution is 9.10. The molecule has 21 heavy (non-hydrogen) atoms. The molecule has 0 aliphatic carbocycles. The lowest BCUT2D eigenvalue weighted by molar-refractivity contribution is -0.113. The third-order valence-corrected chi connectivity index (χ3v) is 4.06. The minimum Gasteiger partial charge on any atom is -0.399 e. The van der Waals surface area contributed by atoms with Crippen LogP contribution in [-0.2, 0) is 4.79 Å². The molecule has 0 bridgehead atoms. The molecule has 0 aliphatic heterocycles.